The minimum Gasteiger partial charge on any atom is -0.390 e. The SMILES string of the molecule is CCCC1CCCCN1CC(O)CN1CCNCC1. The summed E-state index contributed by atoms with van der Waals surface area (Å²) in [5.41, 5.74) is 0. The van der Waals surface area contributed by atoms with Gasteiger partial charge in [-0.3, -0.25) is 9.80 Å². The van der Waals surface area contributed by atoms with Gasteiger partial charge in [0.2, 0.25) is 0 Å². The zero-order chi connectivity index (χ0) is 13.5. The summed E-state index contributed by atoms with van der Waals surface area (Å²) in [6.07, 6.45) is 6.37. The first-order chi connectivity index (χ1) is 9.29. The van der Waals surface area contributed by atoms with Crippen molar-refractivity contribution in [1.29, 1.82) is 0 Å². The Morgan fingerprint density at radius 2 is 1.95 bits per heavy atom. The molecule has 19 heavy (non-hydrogen) atoms. The molecule has 2 heterocycles. The van der Waals surface area contributed by atoms with Crippen molar-refractivity contribution in [1.82, 2.24) is 15.1 Å². The maximum absolute atomic E-state index is 10.3. The first-order valence-corrected chi connectivity index (χ1v) is 8.14. The average Bonchev–Trinajstić information content (AvgIpc) is 2.42. The van der Waals surface area contributed by atoms with Crippen LogP contribution in [0.3, 0.4) is 0 Å². The zero-order valence-corrected chi connectivity index (χ0v) is 12.5. The van der Waals surface area contributed by atoms with Gasteiger partial charge in [0, 0.05) is 45.3 Å². The first-order valence-electron chi connectivity index (χ1n) is 8.14. The van der Waals surface area contributed by atoms with Crippen molar-refractivity contribution in [3.05, 3.63) is 0 Å². The Hall–Kier alpha value is -0.160. The second-order valence-corrected chi connectivity index (χ2v) is 6.14. The quantitative estimate of drug-likeness (QED) is 0.752. The number of hydrogen-bond donors (Lipinski definition) is 2. The second-order valence-electron chi connectivity index (χ2n) is 6.14. The highest BCUT2D eigenvalue weighted by Gasteiger charge is 2.24. The molecule has 2 aliphatic heterocycles. The molecule has 2 saturated heterocycles. The lowest BCUT2D eigenvalue weighted by atomic mass is 9.98. The van der Waals surface area contributed by atoms with Gasteiger partial charge in [-0.05, 0) is 25.8 Å². The molecule has 0 aromatic carbocycles. The van der Waals surface area contributed by atoms with Gasteiger partial charge in [-0.15, -0.1) is 0 Å². The van der Waals surface area contributed by atoms with E-state index in [0.717, 1.165) is 45.3 Å². The Morgan fingerprint density at radius 1 is 1.16 bits per heavy atom. The monoisotopic (exact) mass is 269 g/mol. The maximum atomic E-state index is 10.3. The van der Waals surface area contributed by atoms with Crippen LogP contribution < -0.4 is 5.32 Å². The van der Waals surface area contributed by atoms with E-state index in [-0.39, 0.29) is 6.10 Å². The van der Waals surface area contributed by atoms with Crippen LogP contribution in [0.4, 0.5) is 0 Å². The van der Waals surface area contributed by atoms with Crippen molar-refractivity contribution >= 4 is 0 Å². The average molecular weight is 269 g/mol. The predicted octanol–water partition coefficient (Wildman–Crippen LogP) is 0.907. The molecule has 2 fully saturated rings. The van der Waals surface area contributed by atoms with Crippen molar-refractivity contribution < 1.29 is 5.11 Å². The van der Waals surface area contributed by atoms with Gasteiger partial charge in [-0.25, -0.2) is 0 Å². The number of nitrogens with zero attached hydrogens (tertiary/aromatic N) is 2. The number of rotatable bonds is 6. The van der Waals surface area contributed by atoms with Gasteiger partial charge in [-0.2, -0.15) is 0 Å². The van der Waals surface area contributed by atoms with Gasteiger partial charge in [0.1, 0.15) is 0 Å². The summed E-state index contributed by atoms with van der Waals surface area (Å²) in [5, 5.41) is 13.7. The van der Waals surface area contributed by atoms with E-state index in [9.17, 15) is 5.11 Å². The Bertz CT molecular complexity index is 242. The molecule has 0 aromatic rings. The number of aliphatic hydroxyl groups excluding tert-OH is 1. The largest absolute Gasteiger partial charge is 0.390 e. The van der Waals surface area contributed by atoms with E-state index in [2.05, 4.69) is 22.0 Å². The van der Waals surface area contributed by atoms with Crippen LogP contribution in [-0.2, 0) is 0 Å². The molecule has 0 bridgehead atoms. The smallest absolute Gasteiger partial charge is 0.0793 e. The molecule has 0 radical (unpaired) electrons. The lowest BCUT2D eigenvalue weighted by Crippen LogP contribution is -2.50. The number of piperazine rings is 1. The Labute approximate surface area is 118 Å². The van der Waals surface area contributed by atoms with Crippen molar-refractivity contribution in [3.63, 3.8) is 0 Å². The van der Waals surface area contributed by atoms with E-state index in [4.69, 9.17) is 0 Å². The van der Waals surface area contributed by atoms with Gasteiger partial charge in [0.15, 0.2) is 0 Å². The minimum absolute atomic E-state index is 0.185. The molecule has 4 nitrogen and oxygen atoms in total. The van der Waals surface area contributed by atoms with Crippen LogP contribution >= 0.6 is 0 Å². The molecule has 0 aliphatic carbocycles. The Morgan fingerprint density at radius 3 is 2.68 bits per heavy atom. The predicted molar refractivity (Wildman–Crippen MR) is 79.4 cm³/mol. The standard InChI is InChI=1S/C15H31N3O/c1-2-5-14-6-3-4-9-18(14)13-15(19)12-17-10-7-16-8-11-17/h14-16,19H,2-13H2,1H3. The van der Waals surface area contributed by atoms with E-state index >= 15 is 0 Å². The molecular weight excluding hydrogens is 238 g/mol. The third kappa shape index (κ3) is 5.03. The van der Waals surface area contributed by atoms with E-state index in [0.29, 0.717) is 0 Å². The molecule has 0 amide bonds. The Kier molecular flexibility index (Phi) is 6.57. The number of aliphatic hydroxyl groups is 1. The van der Waals surface area contributed by atoms with Crippen LogP contribution in [0.1, 0.15) is 39.0 Å². The lowest BCUT2D eigenvalue weighted by molar-refractivity contribution is 0.0395. The normalized spacial score (nSPS) is 28.4. The highest BCUT2D eigenvalue weighted by molar-refractivity contribution is 4.80. The zero-order valence-electron chi connectivity index (χ0n) is 12.5. The van der Waals surface area contributed by atoms with Crippen LogP contribution in [0.15, 0.2) is 0 Å². The molecule has 2 rings (SSSR count). The lowest BCUT2D eigenvalue weighted by Gasteiger charge is -2.38. The van der Waals surface area contributed by atoms with Crippen molar-refractivity contribution in [2.45, 2.75) is 51.2 Å². The molecule has 2 atom stereocenters. The molecule has 112 valence electrons. The molecule has 0 saturated carbocycles. The number of piperidine rings is 1. The van der Waals surface area contributed by atoms with Crippen LogP contribution in [0, 0.1) is 0 Å². The number of likely N-dealkylation sites (tertiary alicyclic amines) is 1. The van der Waals surface area contributed by atoms with Gasteiger partial charge in [-0.1, -0.05) is 19.8 Å². The summed E-state index contributed by atoms with van der Waals surface area (Å²) >= 11 is 0. The highest BCUT2D eigenvalue weighted by Crippen LogP contribution is 2.21. The first kappa shape index (κ1) is 15.2. The van der Waals surface area contributed by atoms with E-state index in [1.54, 1.807) is 0 Å². The maximum Gasteiger partial charge on any atom is 0.0793 e. The molecule has 4 heteroatoms. The van der Waals surface area contributed by atoms with Crippen molar-refractivity contribution in [2.24, 2.45) is 0 Å². The van der Waals surface area contributed by atoms with E-state index < -0.39 is 0 Å². The highest BCUT2D eigenvalue weighted by atomic mass is 16.3. The molecule has 0 spiro atoms. The second kappa shape index (κ2) is 8.20. The summed E-state index contributed by atoms with van der Waals surface area (Å²) in [5.74, 6) is 0. The van der Waals surface area contributed by atoms with Crippen LogP contribution in [-0.4, -0.2) is 72.9 Å². The van der Waals surface area contributed by atoms with Crippen LogP contribution in [0.25, 0.3) is 0 Å². The summed E-state index contributed by atoms with van der Waals surface area (Å²) in [4.78, 5) is 4.93. The Balaban J connectivity index is 1.74. The number of hydrogen-bond acceptors (Lipinski definition) is 4. The number of nitrogens with one attached hydrogen (secondary N) is 1. The van der Waals surface area contributed by atoms with Crippen LogP contribution in [0.2, 0.25) is 0 Å². The van der Waals surface area contributed by atoms with Gasteiger partial charge < -0.3 is 10.4 Å². The summed E-state index contributed by atoms with van der Waals surface area (Å²) in [7, 11) is 0. The van der Waals surface area contributed by atoms with Gasteiger partial charge in [0.05, 0.1) is 6.10 Å². The summed E-state index contributed by atoms with van der Waals surface area (Å²) in [6, 6.07) is 0.719. The van der Waals surface area contributed by atoms with Crippen molar-refractivity contribution in [3.8, 4) is 0 Å². The summed E-state index contributed by atoms with van der Waals surface area (Å²) in [6.45, 7) is 9.45. The van der Waals surface area contributed by atoms with Gasteiger partial charge in [0.25, 0.3) is 0 Å². The van der Waals surface area contributed by atoms with Gasteiger partial charge >= 0.3 is 0 Å². The van der Waals surface area contributed by atoms with Crippen molar-refractivity contribution in [2.75, 3.05) is 45.8 Å². The summed E-state index contributed by atoms with van der Waals surface area (Å²) < 4.78 is 0. The molecule has 2 aliphatic rings. The molecule has 2 unspecified atom stereocenters. The van der Waals surface area contributed by atoms with E-state index in [1.165, 1.54) is 38.6 Å². The molecule has 2 N–H and O–H groups in total. The fraction of sp³-hybridized carbons (Fsp3) is 1.00. The fourth-order valence-electron chi connectivity index (χ4n) is 3.48. The number of β-amino-alcohol motifs (C(OH)–C–C–N with tert-alkyl or cyclic N) is 1. The molecule has 0 aromatic heterocycles. The third-order valence-corrected chi connectivity index (χ3v) is 4.49. The fourth-order valence-corrected chi connectivity index (χ4v) is 3.48. The van der Waals surface area contributed by atoms with Crippen LogP contribution in [0.5, 0.6) is 0 Å². The third-order valence-electron chi connectivity index (χ3n) is 4.49. The minimum atomic E-state index is -0.185. The molecular formula is C15H31N3O. The van der Waals surface area contributed by atoms with E-state index in [1.807, 2.05) is 0 Å². The topological polar surface area (TPSA) is 38.7 Å².